The predicted molar refractivity (Wildman–Crippen MR) is 128 cm³/mol. The molecule has 0 saturated heterocycles. The van der Waals surface area contributed by atoms with Crippen molar-refractivity contribution in [2.24, 2.45) is 0 Å². The topological polar surface area (TPSA) is 70.9 Å². The van der Waals surface area contributed by atoms with Gasteiger partial charge in [0, 0.05) is 0 Å². The lowest BCUT2D eigenvalue weighted by Crippen LogP contribution is -1.99. The van der Waals surface area contributed by atoms with Crippen molar-refractivity contribution >= 4 is 34.3 Å². The van der Waals surface area contributed by atoms with E-state index in [9.17, 15) is 5.26 Å². The second-order valence-corrected chi connectivity index (χ2v) is 7.99. The van der Waals surface area contributed by atoms with Gasteiger partial charge in [-0.2, -0.15) is 5.26 Å². The van der Waals surface area contributed by atoms with Crippen LogP contribution in [-0.2, 0) is 6.61 Å². The van der Waals surface area contributed by atoms with Crippen LogP contribution >= 0.6 is 11.6 Å². The van der Waals surface area contributed by atoms with Gasteiger partial charge in [-0.25, -0.2) is 4.98 Å². The standard InChI is InChI=1S/C26H22ClN3O2/c1-16-4-7-18(8-5-16)15-32-25-21(27)12-19(13-24(25)31-3)11-20(14-28)26-29-22-9-6-17(2)10-23(22)30-26/h4-13H,15H2,1-3H3,(H,29,30)/b20-11-. The molecule has 0 fully saturated rings. The number of aromatic nitrogens is 2. The van der Waals surface area contributed by atoms with Crippen LogP contribution in [0.5, 0.6) is 11.5 Å². The molecule has 3 aromatic carbocycles. The number of rotatable bonds is 6. The van der Waals surface area contributed by atoms with Crippen LogP contribution in [0.25, 0.3) is 22.7 Å². The highest BCUT2D eigenvalue weighted by Gasteiger charge is 2.14. The molecule has 0 bridgehead atoms. The summed E-state index contributed by atoms with van der Waals surface area (Å²) in [5.41, 5.74) is 6.14. The summed E-state index contributed by atoms with van der Waals surface area (Å²) in [5, 5.41) is 10.1. The monoisotopic (exact) mass is 443 g/mol. The van der Waals surface area contributed by atoms with Crippen molar-refractivity contribution in [2.75, 3.05) is 7.11 Å². The Balaban J connectivity index is 1.63. The summed E-state index contributed by atoms with van der Waals surface area (Å²) in [4.78, 5) is 7.75. The van der Waals surface area contributed by atoms with Gasteiger partial charge >= 0.3 is 0 Å². The van der Waals surface area contributed by atoms with E-state index in [0.29, 0.717) is 40.1 Å². The van der Waals surface area contributed by atoms with E-state index >= 15 is 0 Å². The van der Waals surface area contributed by atoms with Gasteiger partial charge in [-0.15, -0.1) is 0 Å². The van der Waals surface area contributed by atoms with Gasteiger partial charge in [0.05, 0.1) is 28.7 Å². The first-order valence-electron chi connectivity index (χ1n) is 10.1. The molecule has 1 N–H and O–H groups in total. The number of hydrogen-bond acceptors (Lipinski definition) is 4. The van der Waals surface area contributed by atoms with Gasteiger partial charge in [0.1, 0.15) is 18.5 Å². The Bertz CT molecular complexity index is 1350. The Kier molecular flexibility index (Phi) is 6.16. The fraction of sp³-hybridized carbons (Fsp3) is 0.154. The first kappa shape index (κ1) is 21.5. The van der Waals surface area contributed by atoms with E-state index in [1.54, 1.807) is 25.3 Å². The van der Waals surface area contributed by atoms with E-state index in [1.165, 1.54) is 5.56 Å². The molecule has 1 heterocycles. The van der Waals surface area contributed by atoms with E-state index in [0.717, 1.165) is 22.2 Å². The van der Waals surface area contributed by atoms with Gasteiger partial charge in [0.2, 0.25) is 0 Å². The van der Waals surface area contributed by atoms with Crippen LogP contribution in [0.15, 0.2) is 54.6 Å². The fourth-order valence-corrected chi connectivity index (χ4v) is 3.65. The number of nitriles is 1. The summed E-state index contributed by atoms with van der Waals surface area (Å²) >= 11 is 6.52. The van der Waals surface area contributed by atoms with E-state index in [2.05, 4.69) is 16.0 Å². The average molecular weight is 444 g/mol. The molecular formula is C26H22ClN3O2. The van der Waals surface area contributed by atoms with Crippen molar-refractivity contribution in [3.8, 4) is 17.6 Å². The number of nitrogens with zero attached hydrogens (tertiary/aromatic N) is 2. The van der Waals surface area contributed by atoms with Gasteiger partial charge < -0.3 is 14.5 Å². The Hall–Kier alpha value is -3.75. The molecule has 0 aliphatic heterocycles. The van der Waals surface area contributed by atoms with E-state index in [-0.39, 0.29) is 0 Å². The minimum absolute atomic E-state index is 0.368. The molecule has 0 saturated carbocycles. The SMILES string of the molecule is COc1cc(/C=C(/C#N)c2nc3ccc(C)cc3[nH]2)cc(Cl)c1OCc1ccc(C)cc1. The number of hydrogen-bond donors (Lipinski definition) is 1. The number of aryl methyl sites for hydroxylation is 2. The highest BCUT2D eigenvalue weighted by atomic mass is 35.5. The molecule has 0 aliphatic rings. The zero-order chi connectivity index (χ0) is 22.7. The molecule has 0 unspecified atom stereocenters. The van der Waals surface area contributed by atoms with Crippen molar-refractivity contribution in [1.82, 2.24) is 9.97 Å². The molecule has 6 heteroatoms. The molecule has 5 nitrogen and oxygen atoms in total. The third-order valence-electron chi connectivity index (χ3n) is 5.08. The van der Waals surface area contributed by atoms with Crippen molar-refractivity contribution < 1.29 is 9.47 Å². The Labute approximate surface area is 191 Å². The summed E-state index contributed by atoms with van der Waals surface area (Å²) in [6.07, 6.45) is 1.72. The van der Waals surface area contributed by atoms with Crippen molar-refractivity contribution in [2.45, 2.75) is 20.5 Å². The normalized spacial score (nSPS) is 11.4. The zero-order valence-corrected chi connectivity index (χ0v) is 18.8. The smallest absolute Gasteiger partial charge is 0.180 e. The van der Waals surface area contributed by atoms with Gasteiger partial charge in [-0.3, -0.25) is 0 Å². The third kappa shape index (κ3) is 4.61. The summed E-state index contributed by atoms with van der Waals surface area (Å²) in [7, 11) is 1.56. The molecule has 4 rings (SSSR count). The number of ether oxygens (including phenoxy) is 2. The number of aromatic amines is 1. The number of benzene rings is 3. The van der Waals surface area contributed by atoms with Crippen LogP contribution in [0.2, 0.25) is 5.02 Å². The average Bonchev–Trinajstić information content (AvgIpc) is 3.20. The molecule has 160 valence electrons. The van der Waals surface area contributed by atoms with Gasteiger partial charge in [-0.1, -0.05) is 47.5 Å². The Morgan fingerprint density at radius 2 is 1.84 bits per heavy atom. The molecule has 0 aliphatic carbocycles. The molecule has 32 heavy (non-hydrogen) atoms. The van der Waals surface area contributed by atoms with Crippen LogP contribution in [0.3, 0.4) is 0 Å². The highest BCUT2D eigenvalue weighted by molar-refractivity contribution is 6.32. The Morgan fingerprint density at radius 3 is 2.56 bits per heavy atom. The van der Waals surface area contributed by atoms with E-state index < -0.39 is 0 Å². The van der Waals surface area contributed by atoms with Crippen LogP contribution in [-0.4, -0.2) is 17.1 Å². The third-order valence-corrected chi connectivity index (χ3v) is 5.36. The van der Waals surface area contributed by atoms with Crippen molar-refractivity contribution in [3.05, 3.63) is 87.7 Å². The second-order valence-electron chi connectivity index (χ2n) is 7.58. The maximum Gasteiger partial charge on any atom is 0.180 e. The lowest BCUT2D eigenvalue weighted by molar-refractivity contribution is 0.284. The van der Waals surface area contributed by atoms with E-state index in [1.807, 2.05) is 56.3 Å². The van der Waals surface area contributed by atoms with Crippen LogP contribution in [0, 0.1) is 25.2 Å². The summed E-state index contributed by atoms with van der Waals surface area (Å²) < 4.78 is 11.5. The number of H-pyrrole nitrogens is 1. The summed E-state index contributed by atoms with van der Waals surface area (Å²) in [5.74, 6) is 1.46. The van der Waals surface area contributed by atoms with E-state index in [4.69, 9.17) is 21.1 Å². The summed E-state index contributed by atoms with van der Waals surface area (Å²) in [6, 6.07) is 19.8. The number of halogens is 1. The molecule has 1 aromatic heterocycles. The van der Waals surface area contributed by atoms with Crippen LogP contribution in [0.4, 0.5) is 0 Å². The first-order chi connectivity index (χ1) is 15.5. The molecule has 0 radical (unpaired) electrons. The minimum Gasteiger partial charge on any atom is -0.493 e. The summed E-state index contributed by atoms with van der Waals surface area (Å²) in [6.45, 7) is 4.42. The number of imidazole rings is 1. The van der Waals surface area contributed by atoms with Crippen molar-refractivity contribution in [1.29, 1.82) is 5.26 Å². The van der Waals surface area contributed by atoms with Gasteiger partial charge in [-0.05, 0) is 60.9 Å². The predicted octanol–water partition coefficient (Wildman–Crippen LogP) is 6.48. The molecule has 0 atom stereocenters. The second kappa shape index (κ2) is 9.17. The quantitative estimate of drug-likeness (QED) is 0.346. The number of fused-ring (bicyclic) bond motifs is 1. The lowest BCUT2D eigenvalue weighted by Gasteiger charge is -2.13. The van der Waals surface area contributed by atoms with Crippen LogP contribution in [0.1, 0.15) is 28.1 Å². The number of methoxy groups -OCH3 is 1. The van der Waals surface area contributed by atoms with Crippen LogP contribution < -0.4 is 9.47 Å². The molecule has 0 spiro atoms. The minimum atomic E-state index is 0.368. The van der Waals surface area contributed by atoms with Gasteiger partial charge in [0.25, 0.3) is 0 Å². The van der Waals surface area contributed by atoms with Crippen molar-refractivity contribution in [3.63, 3.8) is 0 Å². The maximum atomic E-state index is 9.73. The largest absolute Gasteiger partial charge is 0.493 e. The fourth-order valence-electron chi connectivity index (χ4n) is 3.37. The zero-order valence-electron chi connectivity index (χ0n) is 18.1. The maximum absolute atomic E-state index is 9.73. The number of allylic oxidation sites excluding steroid dienone is 1. The first-order valence-corrected chi connectivity index (χ1v) is 10.5. The molecule has 0 amide bonds. The molecule has 4 aromatic rings. The Morgan fingerprint density at radius 1 is 1.09 bits per heavy atom. The highest BCUT2D eigenvalue weighted by Crippen LogP contribution is 2.38. The molecular weight excluding hydrogens is 422 g/mol. The van der Waals surface area contributed by atoms with Gasteiger partial charge in [0.15, 0.2) is 11.5 Å². The lowest BCUT2D eigenvalue weighted by atomic mass is 10.1. The number of nitrogens with one attached hydrogen (secondary N) is 1.